The van der Waals surface area contributed by atoms with Gasteiger partial charge in [0.05, 0.1) is 6.61 Å². The van der Waals surface area contributed by atoms with Gasteiger partial charge in [-0.3, -0.25) is 0 Å². The molecular weight excluding hydrogens is 218 g/mol. The van der Waals surface area contributed by atoms with E-state index in [-0.39, 0.29) is 0 Å². The van der Waals surface area contributed by atoms with Crippen LogP contribution in [0.5, 0.6) is 5.75 Å². The van der Waals surface area contributed by atoms with Crippen molar-refractivity contribution in [3.8, 4) is 5.75 Å². The number of nitrogens with two attached hydrogens (primary N) is 1. The van der Waals surface area contributed by atoms with E-state index in [1.54, 1.807) is 0 Å². The molecule has 2 aliphatic rings. The minimum absolute atomic E-state index is 0.496. The number of benzene rings is 1. The van der Waals surface area contributed by atoms with E-state index in [4.69, 9.17) is 10.6 Å². The summed E-state index contributed by atoms with van der Waals surface area (Å²) in [6.07, 6.45) is 4.23. The number of fused-ring (bicyclic) bond motifs is 3. The fourth-order valence-electron chi connectivity index (χ4n) is 2.65. The van der Waals surface area contributed by atoms with Crippen LogP contribution in [0.2, 0.25) is 0 Å². The maximum atomic E-state index is 11.2. The molecule has 0 bridgehead atoms. The Kier molecular flexibility index (Phi) is 2.37. The minimum Gasteiger partial charge on any atom is -0.493 e. The van der Waals surface area contributed by atoms with E-state index >= 15 is 0 Å². The highest BCUT2D eigenvalue weighted by Gasteiger charge is 2.25. The Labute approximate surface area is 99.0 Å². The molecule has 1 aliphatic carbocycles. The quantitative estimate of drug-likeness (QED) is 0.585. The topological polar surface area (TPSA) is 61.5 Å². The largest absolute Gasteiger partial charge is 0.493 e. The summed E-state index contributed by atoms with van der Waals surface area (Å²) in [5, 5.41) is 0. The fraction of sp³-hybridized carbons (Fsp3) is 0.308. The lowest BCUT2D eigenvalue weighted by molar-refractivity contribution is -0.138. The Hall–Kier alpha value is -1.81. The zero-order valence-electron chi connectivity index (χ0n) is 9.36. The van der Waals surface area contributed by atoms with Gasteiger partial charge in [-0.05, 0) is 35.6 Å². The van der Waals surface area contributed by atoms with Crippen LogP contribution in [0.3, 0.4) is 0 Å². The molecule has 88 valence electrons. The Morgan fingerprint density at radius 3 is 3.06 bits per heavy atom. The lowest BCUT2D eigenvalue weighted by atomic mass is 9.98. The molecule has 2 N–H and O–H groups in total. The second-order valence-corrected chi connectivity index (χ2v) is 4.28. The zero-order chi connectivity index (χ0) is 11.8. The van der Waals surface area contributed by atoms with Gasteiger partial charge in [-0.2, -0.15) is 5.90 Å². The summed E-state index contributed by atoms with van der Waals surface area (Å²) in [7, 11) is 0. The maximum absolute atomic E-state index is 11.2. The molecule has 1 aromatic carbocycles. The van der Waals surface area contributed by atoms with Crippen molar-refractivity contribution >= 4 is 11.5 Å². The third-order valence-electron chi connectivity index (χ3n) is 3.36. The van der Waals surface area contributed by atoms with Crippen molar-refractivity contribution in [2.45, 2.75) is 19.3 Å². The average Bonchev–Trinajstić information content (AvgIpc) is 2.94. The Morgan fingerprint density at radius 2 is 2.24 bits per heavy atom. The zero-order valence-corrected chi connectivity index (χ0v) is 9.36. The van der Waals surface area contributed by atoms with Crippen molar-refractivity contribution in [2.75, 3.05) is 6.61 Å². The first kappa shape index (κ1) is 10.4. The summed E-state index contributed by atoms with van der Waals surface area (Å²) in [5.74, 6) is 5.31. The van der Waals surface area contributed by atoms with E-state index in [0.29, 0.717) is 0 Å². The highest BCUT2D eigenvalue weighted by Crippen LogP contribution is 2.41. The normalized spacial score (nSPS) is 18.8. The van der Waals surface area contributed by atoms with Crippen molar-refractivity contribution in [1.29, 1.82) is 0 Å². The van der Waals surface area contributed by atoms with Crippen molar-refractivity contribution in [3.63, 3.8) is 0 Å². The molecule has 0 amide bonds. The van der Waals surface area contributed by atoms with Crippen molar-refractivity contribution in [1.82, 2.24) is 0 Å². The van der Waals surface area contributed by atoms with Crippen LogP contribution < -0.4 is 10.6 Å². The molecule has 0 aromatic heterocycles. The SMILES string of the molecule is NOC(=O)/C=C1\CCc2ccc3c(c21)CCO3. The molecule has 0 saturated heterocycles. The molecule has 1 aromatic rings. The number of hydrogen-bond donors (Lipinski definition) is 1. The first-order valence-electron chi connectivity index (χ1n) is 5.69. The average molecular weight is 231 g/mol. The van der Waals surface area contributed by atoms with Crippen LogP contribution in [-0.4, -0.2) is 12.6 Å². The Morgan fingerprint density at radius 1 is 1.35 bits per heavy atom. The molecule has 4 nitrogen and oxygen atoms in total. The van der Waals surface area contributed by atoms with Gasteiger partial charge in [0.1, 0.15) is 5.75 Å². The van der Waals surface area contributed by atoms with E-state index in [0.717, 1.165) is 37.2 Å². The molecular formula is C13H13NO3. The summed E-state index contributed by atoms with van der Waals surface area (Å²) in [4.78, 5) is 15.4. The monoisotopic (exact) mass is 231 g/mol. The molecule has 0 radical (unpaired) electrons. The van der Waals surface area contributed by atoms with Gasteiger partial charge >= 0.3 is 5.97 Å². The summed E-state index contributed by atoms with van der Waals surface area (Å²) in [6.45, 7) is 0.723. The first-order chi connectivity index (χ1) is 8.29. The number of hydrogen-bond acceptors (Lipinski definition) is 4. The summed E-state index contributed by atoms with van der Waals surface area (Å²) >= 11 is 0. The third kappa shape index (κ3) is 1.61. The number of aryl methyl sites for hydroxylation is 1. The van der Waals surface area contributed by atoms with Crippen molar-refractivity contribution in [3.05, 3.63) is 34.9 Å². The fourth-order valence-corrected chi connectivity index (χ4v) is 2.65. The van der Waals surface area contributed by atoms with E-state index in [1.165, 1.54) is 22.8 Å². The molecule has 0 unspecified atom stereocenters. The molecule has 0 atom stereocenters. The van der Waals surface area contributed by atoms with Crippen LogP contribution in [0.25, 0.3) is 5.57 Å². The Bertz CT molecular complexity index is 520. The molecule has 0 fully saturated rings. The van der Waals surface area contributed by atoms with Gasteiger partial charge in [-0.25, -0.2) is 4.79 Å². The molecule has 3 rings (SSSR count). The lowest BCUT2D eigenvalue weighted by Gasteiger charge is -2.07. The number of ether oxygens (including phenoxy) is 1. The summed E-state index contributed by atoms with van der Waals surface area (Å²) < 4.78 is 5.54. The van der Waals surface area contributed by atoms with Gasteiger partial charge < -0.3 is 9.57 Å². The molecule has 4 heteroatoms. The van der Waals surface area contributed by atoms with Gasteiger partial charge in [-0.1, -0.05) is 6.07 Å². The van der Waals surface area contributed by atoms with E-state index < -0.39 is 5.97 Å². The number of carbonyl (C=O) groups excluding carboxylic acids is 1. The van der Waals surface area contributed by atoms with Crippen LogP contribution in [0.1, 0.15) is 23.1 Å². The van der Waals surface area contributed by atoms with Crippen LogP contribution in [0.15, 0.2) is 18.2 Å². The van der Waals surface area contributed by atoms with Crippen molar-refractivity contribution < 1.29 is 14.4 Å². The van der Waals surface area contributed by atoms with Gasteiger partial charge in [0.2, 0.25) is 0 Å². The van der Waals surface area contributed by atoms with Gasteiger partial charge in [0, 0.05) is 18.1 Å². The molecule has 0 spiro atoms. The standard InChI is InChI=1S/C13H13NO3/c14-17-12(15)7-9-2-1-8-3-4-11-10(13(8)9)5-6-16-11/h3-4,7H,1-2,5-6,14H2/b9-7+. The number of carbonyl (C=O) groups is 1. The number of allylic oxidation sites excluding steroid dienone is 1. The van der Waals surface area contributed by atoms with Gasteiger partial charge in [-0.15, -0.1) is 0 Å². The van der Waals surface area contributed by atoms with Gasteiger partial charge in [0.25, 0.3) is 0 Å². The van der Waals surface area contributed by atoms with E-state index in [9.17, 15) is 4.79 Å². The third-order valence-corrected chi connectivity index (χ3v) is 3.36. The lowest BCUT2D eigenvalue weighted by Crippen LogP contribution is -2.07. The van der Waals surface area contributed by atoms with Crippen LogP contribution in [-0.2, 0) is 22.5 Å². The molecule has 1 heterocycles. The predicted molar refractivity (Wildman–Crippen MR) is 62.2 cm³/mol. The van der Waals surface area contributed by atoms with E-state index in [1.807, 2.05) is 6.07 Å². The molecule has 17 heavy (non-hydrogen) atoms. The second kappa shape index (κ2) is 3.89. The Balaban J connectivity index is 2.10. The smallest absolute Gasteiger partial charge is 0.349 e. The second-order valence-electron chi connectivity index (χ2n) is 4.28. The molecule has 0 saturated carbocycles. The van der Waals surface area contributed by atoms with Crippen LogP contribution >= 0.6 is 0 Å². The van der Waals surface area contributed by atoms with Gasteiger partial charge in [0.15, 0.2) is 0 Å². The number of rotatable bonds is 1. The molecule has 1 aliphatic heterocycles. The maximum Gasteiger partial charge on any atom is 0.349 e. The first-order valence-corrected chi connectivity index (χ1v) is 5.69. The van der Waals surface area contributed by atoms with Crippen LogP contribution in [0.4, 0.5) is 0 Å². The minimum atomic E-state index is -0.496. The summed E-state index contributed by atoms with van der Waals surface area (Å²) in [5.41, 5.74) is 4.68. The van der Waals surface area contributed by atoms with Crippen molar-refractivity contribution in [2.24, 2.45) is 5.90 Å². The van der Waals surface area contributed by atoms with E-state index in [2.05, 4.69) is 10.9 Å². The highest BCUT2D eigenvalue weighted by atomic mass is 16.7. The highest BCUT2D eigenvalue weighted by molar-refractivity contribution is 5.93. The predicted octanol–water partition coefficient (Wildman–Crippen LogP) is 1.37. The summed E-state index contributed by atoms with van der Waals surface area (Å²) in [6, 6.07) is 4.10. The van der Waals surface area contributed by atoms with Crippen LogP contribution in [0, 0.1) is 0 Å².